The summed E-state index contributed by atoms with van der Waals surface area (Å²) in [7, 11) is 5.10. The van der Waals surface area contributed by atoms with Crippen molar-refractivity contribution < 1.29 is 9.47 Å². The third kappa shape index (κ3) is 3.33. The summed E-state index contributed by atoms with van der Waals surface area (Å²) < 4.78 is 11.4. The zero-order valence-electron chi connectivity index (χ0n) is 12.5. The van der Waals surface area contributed by atoms with Crippen molar-refractivity contribution in [3.8, 4) is 17.1 Å². The lowest BCUT2D eigenvalue weighted by atomic mass is 10.1. The Bertz CT molecular complexity index is 647. The fourth-order valence-corrected chi connectivity index (χ4v) is 2.49. The zero-order valence-corrected chi connectivity index (χ0v) is 14.1. The lowest BCUT2D eigenvalue weighted by Gasteiger charge is -2.13. The molecular weight excluding hydrogens is 334 g/mol. The average Bonchev–Trinajstić information content (AvgIpc) is 2.49. The van der Waals surface area contributed by atoms with E-state index in [9.17, 15) is 0 Å². The van der Waals surface area contributed by atoms with Gasteiger partial charge in [0.2, 0.25) is 0 Å². The number of halogens is 1. The Morgan fingerprint density at radius 2 is 2.00 bits per heavy atom. The largest absolute Gasteiger partial charge is 0.496 e. The van der Waals surface area contributed by atoms with Gasteiger partial charge in [0.25, 0.3) is 0 Å². The minimum absolute atomic E-state index is 0.402. The van der Waals surface area contributed by atoms with Crippen molar-refractivity contribution in [3.05, 3.63) is 33.9 Å². The number of rotatable bonds is 5. The van der Waals surface area contributed by atoms with Crippen LogP contribution in [0.25, 0.3) is 11.4 Å². The molecule has 1 aromatic carbocycles. The first kappa shape index (κ1) is 15.7. The van der Waals surface area contributed by atoms with Gasteiger partial charge in [0.05, 0.1) is 29.4 Å². The van der Waals surface area contributed by atoms with Gasteiger partial charge in [-0.15, -0.1) is 0 Å². The minimum atomic E-state index is 0.402. The number of aryl methyl sites for hydroxylation is 1. The second-order valence-electron chi connectivity index (χ2n) is 4.54. The Balaban J connectivity index is 2.60. The molecule has 0 radical (unpaired) electrons. The highest BCUT2D eigenvalue weighted by Gasteiger charge is 2.15. The SMILES string of the molecule is CNc1nc(-c2ccc(C)cc2OC)nc(COC)c1Br. The maximum Gasteiger partial charge on any atom is 0.165 e. The van der Waals surface area contributed by atoms with E-state index in [1.54, 1.807) is 14.2 Å². The molecule has 0 atom stereocenters. The van der Waals surface area contributed by atoms with Crippen LogP contribution in [0.2, 0.25) is 0 Å². The molecule has 0 unspecified atom stereocenters. The fourth-order valence-electron chi connectivity index (χ4n) is 2.00. The Morgan fingerprint density at radius 1 is 1.24 bits per heavy atom. The Labute approximate surface area is 132 Å². The van der Waals surface area contributed by atoms with E-state index in [0.29, 0.717) is 12.4 Å². The van der Waals surface area contributed by atoms with Gasteiger partial charge in [-0.3, -0.25) is 0 Å². The van der Waals surface area contributed by atoms with Crippen LogP contribution in [-0.4, -0.2) is 31.2 Å². The number of anilines is 1. The molecule has 0 bridgehead atoms. The van der Waals surface area contributed by atoms with Crippen molar-refractivity contribution in [2.24, 2.45) is 0 Å². The van der Waals surface area contributed by atoms with E-state index in [1.807, 2.05) is 32.2 Å². The second-order valence-corrected chi connectivity index (χ2v) is 5.34. The number of hydrogen-bond acceptors (Lipinski definition) is 5. The molecule has 21 heavy (non-hydrogen) atoms. The molecule has 1 aromatic heterocycles. The van der Waals surface area contributed by atoms with Gasteiger partial charge < -0.3 is 14.8 Å². The standard InChI is InChI=1S/C15H18BrN3O2/c1-9-5-6-10(12(7-9)21-4)14-18-11(8-20-3)13(16)15(17-2)19-14/h5-7H,8H2,1-4H3,(H,17,18,19). The number of hydrogen-bond donors (Lipinski definition) is 1. The molecule has 0 saturated heterocycles. The molecule has 0 amide bonds. The molecule has 0 aliphatic carbocycles. The molecule has 2 rings (SSSR count). The summed E-state index contributed by atoms with van der Waals surface area (Å²) in [5.41, 5.74) is 2.76. The third-order valence-corrected chi connectivity index (χ3v) is 3.87. The van der Waals surface area contributed by atoms with Gasteiger partial charge in [0.15, 0.2) is 5.82 Å². The van der Waals surface area contributed by atoms with Gasteiger partial charge in [0.1, 0.15) is 11.6 Å². The highest BCUT2D eigenvalue weighted by atomic mass is 79.9. The normalized spacial score (nSPS) is 10.5. The van der Waals surface area contributed by atoms with Crippen molar-refractivity contribution in [1.82, 2.24) is 9.97 Å². The molecule has 6 heteroatoms. The Morgan fingerprint density at radius 3 is 2.62 bits per heavy atom. The van der Waals surface area contributed by atoms with Crippen molar-refractivity contribution in [2.75, 3.05) is 26.6 Å². The molecule has 0 fully saturated rings. The third-order valence-electron chi connectivity index (χ3n) is 3.04. The number of aromatic nitrogens is 2. The van der Waals surface area contributed by atoms with Crippen LogP contribution in [0.3, 0.4) is 0 Å². The van der Waals surface area contributed by atoms with Crippen LogP contribution in [0, 0.1) is 6.92 Å². The monoisotopic (exact) mass is 351 g/mol. The lowest BCUT2D eigenvalue weighted by molar-refractivity contribution is 0.181. The predicted octanol–water partition coefficient (Wildman–Crippen LogP) is 3.41. The number of nitrogens with zero attached hydrogens (tertiary/aromatic N) is 2. The van der Waals surface area contributed by atoms with Crippen molar-refractivity contribution >= 4 is 21.7 Å². The van der Waals surface area contributed by atoms with E-state index in [0.717, 1.165) is 32.9 Å². The smallest absolute Gasteiger partial charge is 0.165 e. The quantitative estimate of drug-likeness (QED) is 0.894. The van der Waals surface area contributed by atoms with E-state index in [-0.39, 0.29) is 0 Å². The summed E-state index contributed by atoms with van der Waals surface area (Å²) in [5, 5.41) is 3.06. The summed E-state index contributed by atoms with van der Waals surface area (Å²) in [5.74, 6) is 2.07. The number of ether oxygens (including phenoxy) is 2. The molecule has 5 nitrogen and oxygen atoms in total. The molecule has 0 aliphatic rings. The van der Waals surface area contributed by atoms with Gasteiger partial charge in [-0.25, -0.2) is 9.97 Å². The van der Waals surface area contributed by atoms with Gasteiger partial charge in [-0.05, 0) is 40.5 Å². The molecule has 0 spiro atoms. The van der Waals surface area contributed by atoms with Crippen LogP contribution in [0.5, 0.6) is 5.75 Å². The topological polar surface area (TPSA) is 56.3 Å². The highest BCUT2D eigenvalue weighted by molar-refractivity contribution is 9.10. The highest BCUT2D eigenvalue weighted by Crippen LogP contribution is 2.32. The van der Waals surface area contributed by atoms with Crippen molar-refractivity contribution in [3.63, 3.8) is 0 Å². The van der Waals surface area contributed by atoms with Gasteiger partial charge in [-0.2, -0.15) is 0 Å². The number of methoxy groups -OCH3 is 2. The van der Waals surface area contributed by atoms with Gasteiger partial charge in [0, 0.05) is 14.2 Å². The van der Waals surface area contributed by atoms with E-state index in [2.05, 4.69) is 31.2 Å². The summed E-state index contributed by atoms with van der Waals surface area (Å²) in [4.78, 5) is 9.11. The summed E-state index contributed by atoms with van der Waals surface area (Å²) in [6.45, 7) is 2.42. The van der Waals surface area contributed by atoms with E-state index >= 15 is 0 Å². The van der Waals surface area contributed by atoms with E-state index in [4.69, 9.17) is 9.47 Å². The summed E-state index contributed by atoms with van der Waals surface area (Å²) in [6, 6.07) is 5.95. The minimum Gasteiger partial charge on any atom is -0.496 e. The zero-order chi connectivity index (χ0) is 15.4. The molecule has 1 N–H and O–H groups in total. The maximum atomic E-state index is 5.44. The van der Waals surface area contributed by atoms with Crippen molar-refractivity contribution in [2.45, 2.75) is 13.5 Å². The van der Waals surface area contributed by atoms with Crippen LogP contribution in [0.1, 0.15) is 11.3 Å². The lowest BCUT2D eigenvalue weighted by Crippen LogP contribution is -2.05. The molecule has 0 aliphatic heterocycles. The molecule has 1 heterocycles. The average molecular weight is 352 g/mol. The van der Waals surface area contributed by atoms with E-state index < -0.39 is 0 Å². The van der Waals surface area contributed by atoms with Gasteiger partial charge in [-0.1, -0.05) is 6.07 Å². The number of benzene rings is 1. The molecule has 0 saturated carbocycles. The van der Waals surface area contributed by atoms with Crippen LogP contribution < -0.4 is 10.1 Å². The molecule has 112 valence electrons. The summed E-state index contributed by atoms with van der Waals surface area (Å²) in [6.07, 6.45) is 0. The first-order valence-electron chi connectivity index (χ1n) is 6.48. The Kier molecular flexibility index (Phi) is 5.14. The van der Waals surface area contributed by atoms with Crippen LogP contribution in [0.15, 0.2) is 22.7 Å². The molecular formula is C15H18BrN3O2. The fraction of sp³-hybridized carbons (Fsp3) is 0.333. The maximum absolute atomic E-state index is 5.44. The first-order valence-corrected chi connectivity index (χ1v) is 7.28. The number of nitrogens with one attached hydrogen (secondary N) is 1. The van der Waals surface area contributed by atoms with Crippen molar-refractivity contribution in [1.29, 1.82) is 0 Å². The Hall–Kier alpha value is -1.66. The van der Waals surface area contributed by atoms with Crippen LogP contribution in [0.4, 0.5) is 5.82 Å². The predicted molar refractivity (Wildman–Crippen MR) is 86.7 cm³/mol. The first-order chi connectivity index (χ1) is 10.1. The second kappa shape index (κ2) is 6.87. The summed E-state index contributed by atoms with van der Waals surface area (Å²) >= 11 is 3.50. The van der Waals surface area contributed by atoms with Crippen LogP contribution in [-0.2, 0) is 11.3 Å². The van der Waals surface area contributed by atoms with Gasteiger partial charge >= 0.3 is 0 Å². The van der Waals surface area contributed by atoms with E-state index in [1.165, 1.54) is 0 Å². The van der Waals surface area contributed by atoms with Crippen LogP contribution >= 0.6 is 15.9 Å². The molecule has 2 aromatic rings.